The molecule has 1 aromatic carbocycles. The van der Waals surface area contributed by atoms with E-state index in [0.717, 1.165) is 24.3 Å². The first kappa shape index (κ1) is 20.7. The zero-order chi connectivity index (χ0) is 21.3. The topological polar surface area (TPSA) is 77.1 Å². The van der Waals surface area contributed by atoms with E-state index in [0.29, 0.717) is 29.2 Å². The molecule has 3 atom stereocenters. The van der Waals surface area contributed by atoms with Crippen molar-refractivity contribution in [3.8, 4) is 11.5 Å². The highest BCUT2D eigenvalue weighted by molar-refractivity contribution is 7.10. The molecule has 7 nitrogen and oxygen atoms in total. The number of methoxy groups -OCH3 is 2. The van der Waals surface area contributed by atoms with Gasteiger partial charge in [-0.05, 0) is 42.0 Å². The van der Waals surface area contributed by atoms with Crippen LogP contribution >= 0.6 is 11.3 Å². The van der Waals surface area contributed by atoms with Gasteiger partial charge in [-0.3, -0.25) is 9.59 Å². The van der Waals surface area contributed by atoms with E-state index in [1.54, 1.807) is 31.2 Å². The zero-order valence-electron chi connectivity index (χ0n) is 17.3. The van der Waals surface area contributed by atoms with Crippen molar-refractivity contribution in [2.24, 2.45) is 0 Å². The molecule has 160 valence electrons. The predicted octanol–water partition coefficient (Wildman–Crippen LogP) is 2.97. The minimum atomic E-state index is -0.567. The van der Waals surface area contributed by atoms with Crippen molar-refractivity contribution in [1.29, 1.82) is 0 Å². The molecule has 30 heavy (non-hydrogen) atoms. The third-order valence-electron chi connectivity index (χ3n) is 5.82. The minimum Gasteiger partial charge on any atom is -0.493 e. The van der Waals surface area contributed by atoms with Crippen LogP contribution in [0.2, 0.25) is 0 Å². The number of fused-ring (bicyclic) bond motifs is 1. The number of hydrogen-bond acceptors (Lipinski definition) is 6. The number of ether oxygens (including phenoxy) is 3. The van der Waals surface area contributed by atoms with E-state index < -0.39 is 12.0 Å². The van der Waals surface area contributed by atoms with Gasteiger partial charge in [0.25, 0.3) is 5.91 Å². The van der Waals surface area contributed by atoms with Gasteiger partial charge in [0.1, 0.15) is 0 Å². The number of nitrogens with zero attached hydrogens (tertiary/aromatic N) is 1. The van der Waals surface area contributed by atoms with E-state index >= 15 is 0 Å². The van der Waals surface area contributed by atoms with Gasteiger partial charge in [-0.2, -0.15) is 0 Å². The van der Waals surface area contributed by atoms with Gasteiger partial charge in [0.2, 0.25) is 5.91 Å². The van der Waals surface area contributed by atoms with Crippen molar-refractivity contribution in [3.63, 3.8) is 0 Å². The fourth-order valence-electron chi connectivity index (χ4n) is 4.28. The Bertz CT molecular complexity index is 924. The molecule has 0 saturated carbocycles. The van der Waals surface area contributed by atoms with E-state index in [2.05, 4.69) is 5.32 Å². The number of carbonyl (C=O) groups excluding carboxylic acids is 2. The highest BCUT2D eigenvalue weighted by Gasteiger charge is 2.44. The van der Waals surface area contributed by atoms with Crippen molar-refractivity contribution in [2.75, 3.05) is 34.4 Å². The molecular formula is C22H26N2O5S. The molecule has 2 aromatic rings. The lowest BCUT2D eigenvalue weighted by molar-refractivity contribution is -0.124. The minimum absolute atomic E-state index is 0.0435. The second kappa shape index (κ2) is 8.65. The molecule has 2 aliphatic heterocycles. The molecule has 0 spiro atoms. The molecule has 0 radical (unpaired) electrons. The normalized spacial score (nSPS) is 23.2. The number of rotatable bonds is 6. The summed E-state index contributed by atoms with van der Waals surface area (Å²) >= 11 is 1.54. The molecule has 8 heteroatoms. The highest BCUT2D eigenvalue weighted by atomic mass is 32.1. The Labute approximate surface area is 179 Å². The van der Waals surface area contributed by atoms with Crippen molar-refractivity contribution < 1.29 is 23.8 Å². The summed E-state index contributed by atoms with van der Waals surface area (Å²) in [5, 5.41) is 5.02. The number of nitrogens with one attached hydrogen (secondary N) is 1. The average molecular weight is 431 g/mol. The second-order valence-corrected chi connectivity index (χ2v) is 8.51. The molecule has 4 rings (SSSR count). The van der Waals surface area contributed by atoms with E-state index in [1.165, 1.54) is 18.4 Å². The number of likely N-dealkylation sites (N-methyl/N-ethyl adjacent to an activating group) is 1. The number of thiophene rings is 1. The summed E-state index contributed by atoms with van der Waals surface area (Å²) in [6, 6.07) is 6.93. The summed E-state index contributed by atoms with van der Waals surface area (Å²) in [5.41, 5.74) is 1.11. The van der Waals surface area contributed by atoms with Crippen LogP contribution in [0.4, 0.5) is 0 Å². The molecule has 3 heterocycles. The van der Waals surface area contributed by atoms with Crippen molar-refractivity contribution >= 4 is 23.2 Å². The van der Waals surface area contributed by atoms with Crippen molar-refractivity contribution in [2.45, 2.75) is 30.9 Å². The van der Waals surface area contributed by atoms with Gasteiger partial charge in [0.15, 0.2) is 11.5 Å². The van der Waals surface area contributed by atoms with Crippen LogP contribution in [0.25, 0.3) is 0 Å². The summed E-state index contributed by atoms with van der Waals surface area (Å²) in [6.07, 6.45) is 2.00. The van der Waals surface area contributed by atoms with Gasteiger partial charge >= 0.3 is 0 Å². The largest absolute Gasteiger partial charge is 0.493 e. The van der Waals surface area contributed by atoms with E-state index in [-0.39, 0.29) is 17.9 Å². The fourth-order valence-corrected chi connectivity index (χ4v) is 5.18. The number of hydrogen-bond donors (Lipinski definition) is 1. The fraction of sp³-hybridized carbons (Fsp3) is 0.455. The van der Waals surface area contributed by atoms with Crippen LogP contribution in [0.1, 0.15) is 45.6 Å². The molecule has 2 aliphatic rings. The number of carbonyl (C=O) groups is 2. The molecule has 0 aliphatic carbocycles. The van der Waals surface area contributed by atoms with Crippen molar-refractivity contribution in [3.05, 3.63) is 45.6 Å². The lowest BCUT2D eigenvalue weighted by atomic mass is 9.81. The van der Waals surface area contributed by atoms with E-state index in [4.69, 9.17) is 14.2 Å². The van der Waals surface area contributed by atoms with Crippen LogP contribution in [-0.4, -0.2) is 57.2 Å². The van der Waals surface area contributed by atoms with Gasteiger partial charge < -0.3 is 24.4 Å². The average Bonchev–Trinajstić information content (AvgIpc) is 3.47. The van der Waals surface area contributed by atoms with Gasteiger partial charge in [0.05, 0.1) is 32.3 Å². The summed E-state index contributed by atoms with van der Waals surface area (Å²) < 4.78 is 16.5. The summed E-state index contributed by atoms with van der Waals surface area (Å²) in [6.45, 7) is 1.20. The van der Waals surface area contributed by atoms with Crippen LogP contribution < -0.4 is 14.8 Å². The standard InChI is InChI=1S/C22H26N2O5S/c1-24-20(18-7-5-9-30-18)19(21(25)23-12-13-6-4-8-29-13)14-10-16(27-2)17(28-3)11-15(14)22(24)26/h5,7,9-11,13,19-20H,4,6,8,12H2,1-3H3,(H,23,25)/t13-,19+,20-/m1/s1. The molecule has 2 amide bonds. The summed E-state index contributed by atoms with van der Waals surface area (Å²) in [7, 11) is 4.82. The zero-order valence-corrected chi connectivity index (χ0v) is 18.2. The molecular weight excluding hydrogens is 404 g/mol. The van der Waals surface area contributed by atoms with Gasteiger partial charge in [-0.25, -0.2) is 0 Å². The monoisotopic (exact) mass is 430 g/mol. The first-order chi connectivity index (χ1) is 14.5. The molecule has 0 unspecified atom stereocenters. The van der Waals surface area contributed by atoms with Crippen LogP contribution in [0.3, 0.4) is 0 Å². The van der Waals surface area contributed by atoms with E-state index in [9.17, 15) is 9.59 Å². The molecule has 1 aromatic heterocycles. The van der Waals surface area contributed by atoms with Crippen molar-refractivity contribution in [1.82, 2.24) is 10.2 Å². The first-order valence-corrected chi connectivity index (χ1v) is 10.9. The third kappa shape index (κ3) is 3.65. The molecule has 1 N–H and O–H groups in total. The number of benzene rings is 1. The summed E-state index contributed by atoms with van der Waals surface area (Å²) in [5.74, 6) is 0.119. The SMILES string of the molecule is COc1cc2c(cc1OC)[C@H](C(=O)NC[C@H]1CCCO1)[C@@H](c1cccs1)N(C)C2=O. The maximum absolute atomic E-state index is 13.5. The predicted molar refractivity (Wildman–Crippen MR) is 113 cm³/mol. The Morgan fingerprint density at radius 1 is 1.30 bits per heavy atom. The van der Waals surface area contributed by atoms with Crippen LogP contribution in [0.15, 0.2) is 29.6 Å². The Morgan fingerprint density at radius 2 is 2.07 bits per heavy atom. The van der Waals surface area contributed by atoms with Gasteiger partial charge in [-0.15, -0.1) is 11.3 Å². The highest BCUT2D eigenvalue weighted by Crippen LogP contribution is 2.46. The van der Waals surface area contributed by atoms with Gasteiger partial charge in [-0.1, -0.05) is 6.07 Å². The summed E-state index contributed by atoms with van der Waals surface area (Å²) in [4.78, 5) is 29.3. The Kier molecular flexibility index (Phi) is 5.97. The first-order valence-electron chi connectivity index (χ1n) is 10.0. The Balaban J connectivity index is 1.76. The third-order valence-corrected chi connectivity index (χ3v) is 6.76. The molecule has 1 fully saturated rings. The quantitative estimate of drug-likeness (QED) is 0.763. The second-order valence-electron chi connectivity index (χ2n) is 7.53. The van der Waals surface area contributed by atoms with Crippen LogP contribution in [0.5, 0.6) is 11.5 Å². The maximum atomic E-state index is 13.5. The maximum Gasteiger partial charge on any atom is 0.254 e. The van der Waals surface area contributed by atoms with Crippen LogP contribution in [-0.2, 0) is 9.53 Å². The molecule has 1 saturated heterocycles. The van der Waals surface area contributed by atoms with E-state index in [1.807, 2.05) is 17.5 Å². The Morgan fingerprint density at radius 3 is 2.70 bits per heavy atom. The van der Waals surface area contributed by atoms with Crippen LogP contribution in [0, 0.1) is 0 Å². The lowest BCUT2D eigenvalue weighted by Crippen LogP contribution is -2.46. The lowest BCUT2D eigenvalue weighted by Gasteiger charge is -2.39. The number of amides is 2. The van der Waals surface area contributed by atoms with Gasteiger partial charge in [0, 0.05) is 30.6 Å². The Hall–Kier alpha value is -2.58. The smallest absolute Gasteiger partial charge is 0.254 e. The molecule has 0 bridgehead atoms.